The van der Waals surface area contributed by atoms with Crippen LogP contribution >= 0.6 is 0 Å². The van der Waals surface area contributed by atoms with E-state index in [1.54, 1.807) is 6.20 Å². The summed E-state index contributed by atoms with van der Waals surface area (Å²) in [6.07, 6.45) is 1.78. The van der Waals surface area contributed by atoms with Gasteiger partial charge in [0.25, 0.3) is 0 Å². The van der Waals surface area contributed by atoms with E-state index in [0.717, 1.165) is 24.5 Å². The SMILES string of the molecule is CN(C)CCNc1cc(CN)ccn1. The molecule has 0 saturated carbocycles. The molecule has 0 saturated heterocycles. The molecule has 1 aromatic rings. The van der Waals surface area contributed by atoms with Crippen LogP contribution in [0.2, 0.25) is 0 Å². The average Bonchev–Trinajstić information content (AvgIpc) is 2.18. The van der Waals surface area contributed by atoms with Gasteiger partial charge in [-0.2, -0.15) is 0 Å². The van der Waals surface area contributed by atoms with E-state index in [9.17, 15) is 0 Å². The highest BCUT2D eigenvalue weighted by atomic mass is 15.1. The fourth-order valence-corrected chi connectivity index (χ4v) is 1.11. The lowest BCUT2D eigenvalue weighted by molar-refractivity contribution is 0.425. The molecule has 1 rings (SSSR count). The van der Waals surface area contributed by atoms with Gasteiger partial charge in [-0.3, -0.25) is 0 Å². The van der Waals surface area contributed by atoms with Crippen LogP contribution in [0.5, 0.6) is 0 Å². The molecule has 0 aromatic carbocycles. The van der Waals surface area contributed by atoms with Crippen molar-refractivity contribution in [1.82, 2.24) is 9.88 Å². The molecule has 0 amide bonds. The van der Waals surface area contributed by atoms with Gasteiger partial charge < -0.3 is 16.0 Å². The van der Waals surface area contributed by atoms with Gasteiger partial charge in [0.05, 0.1) is 0 Å². The highest BCUT2D eigenvalue weighted by molar-refractivity contribution is 5.37. The van der Waals surface area contributed by atoms with E-state index < -0.39 is 0 Å². The van der Waals surface area contributed by atoms with Crippen LogP contribution in [0.1, 0.15) is 5.56 Å². The van der Waals surface area contributed by atoms with Gasteiger partial charge >= 0.3 is 0 Å². The van der Waals surface area contributed by atoms with Gasteiger partial charge in [-0.25, -0.2) is 4.98 Å². The summed E-state index contributed by atoms with van der Waals surface area (Å²) in [7, 11) is 4.09. The number of nitrogens with zero attached hydrogens (tertiary/aromatic N) is 2. The minimum absolute atomic E-state index is 0.560. The Balaban J connectivity index is 2.42. The summed E-state index contributed by atoms with van der Waals surface area (Å²) in [4.78, 5) is 6.32. The Kier molecular flexibility index (Phi) is 4.35. The number of likely N-dealkylation sites (N-methyl/N-ethyl adjacent to an activating group) is 1. The van der Waals surface area contributed by atoms with E-state index in [-0.39, 0.29) is 0 Å². The Morgan fingerprint density at radius 1 is 1.50 bits per heavy atom. The number of pyridine rings is 1. The van der Waals surface area contributed by atoms with Crippen molar-refractivity contribution < 1.29 is 0 Å². The minimum atomic E-state index is 0.560. The van der Waals surface area contributed by atoms with Crippen molar-refractivity contribution in [2.75, 3.05) is 32.5 Å². The van der Waals surface area contributed by atoms with Gasteiger partial charge in [0, 0.05) is 25.8 Å². The molecule has 0 aliphatic rings. The summed E-state index contributed by atoms with van der Waals surface area (Å²) in [5, 5.41) is 3.24. The molecule has 0 aliphatic heterocycles. The number of hydrogen-bond acceptors (Lipinski definition) is 4. The molecule has 4 nitrogen and oxygen atoms in total. The van der Waals surface area contributed by atoms with E-state index in [1.807, 2.05) is 26.2 Å². The lowest BCUT2D eigenvalue weighted by Crippen LogP contribution is -2.21. The van der Waals surface area contributed by atoms with Crippen LogP contribution in [-0.2, 0) is 6.54 Å². The molecule has 0 atom stereocenters. The van der Waals surface area contributed by atoms with Crippen molar-refractivity contribution in [3.05, 3.63) is 23.9 Å². The molecular weight excluding hydrogens is 176 g/mol. The van der Waals surface area contributed by atoms with Gasteiger partial charge in [0.1, 0.15) is 5.82 Å². The summed E-state index contributed by atoms with van der Waals surface area (Å²) in [5.41, 5.74) is 6.64. The number of rotatable bonds is 5. The van der Waals surface area contributed by atoms with Crippen LogP contribution in [0.4, 0.5) is 5.82 Å². The highest BCUT2D eigenvalue weighted by Gasteiger charge is 1.95. The third-order valence-electron chi connectivity index (χ3n) is 1.93. The predicted octanol–water partition coefficient (Wildman–Crippen LogP) is 0.514. The Morgan fingerprint density at radius 2 is 2.29 bits per heavy atom. The van der Waals surface area contributed by atoms with Crippen LogP contribution in [0.25, 0.3) is 0 Å². The van der Waals surface area contributed by atoms with E-state index in [0.29, 0.717) is 6.54 Å². The quantitative estimate of drug-likeness (QED) is 0.717. The molecule has 0 unspecified atom stereocenters. The molecule has 1 heterocycles. The van der Waals surface area contributed by atoms with E-state index in [4.69, 9.17) is 5.73 Å². The molecule has 4 heteroatoms. The minimum Gasteiger partial charge on any atom is -0.369 e. The van der Waals surface area contributed by atoms with Gasteiger partial charge in [0.2, 0.25) is 0 Å². The first-order valence-electron chi connectivity index (χ1n) is 4.76. The summed E-state index contributed by atoms with van der Waals surface area (Å²) in [5.74, 6) is 0.898. The predicted molar refractivity (Wildman–Crippen MR) is 59.2 cm³/mol. The molecule has 1 aromatic heterocycles. The van der Waals surface area contributed by atoms with Crippen LogP contribution in [0.15, 0.2) is 18.3 Å². The summed E-state index contributed by atoms with van der Waals surface area (Å²) in [6.45, 7) is 2.45. The fraction of sp³-hybridized carbons (Fsp3) is 0.500. The maximum Gasteiger partial charge on any atom is 0.126 e. The maximum atomic E-state index is 5.53. The molecule has 0 aliphatic carbocycles. The van der Waals surface area contributed by atoms with E-state index in [2.05, 4.69) is 15.2 Å². The highest BCUT2D eigenvalue weighted by Crippen LogP contribution is 2.05. The third kappa shape index (κ3) is 3.72. The normalized spacial score (nSPS) is 10.6. The lowest BCUT2D eigenvalue weighted by atomic mass is 10.2. The van der Waals surface area contributed by atoms with E-state index >= 15 is 0 Å². The standard InChI is InChI=1S/C10H18N4/c1-14(2)6-5-13-10-7-9(8-11)3-4-12-10/h3-4,7H,5-6,8,11H2,1-2H3,(H,12,13). The average molecular weight is 194 g/mol. The number of aromatic nitrogens is 1. The zero-order valence-corrected chi connectivity index (χ0v) is 8.83. The van der Waals surface area contributed by atoms with Crippen molar-refractivity contribution in [2.45, 2.75) is 6.54 Å². The van der Waals surface area contributed by atoms with Crippen molar-refractivity contribution in [3.8, 4) is 0 Å². The Hall–Kier alpha value is -1.13. The lowest BCUT2D eigenvalue weighted by Gasteiger charge is -2.11. The van der Waals surface area contributed by atoms with Crippen molar-refractivity contribution >= 4 is 5.82 Å². The molecule has 0 spiro atoms. The Labute approximate surface area is 85.1 Å². The van der Waals surface area contributed by atoms with Crippen molar-refractivity contribution in [2.24, 2.45) is 5.73 Å². The second-order valence-corrected chi connectivity index (χ2v) is 3.48. The first-order valence-corrected chi connectivity index (χ1v) is 4.76. The van der Waals surface area contributed by atoms with Crippen LogP contribution in [-0.4, -0.2) is 37.1 Å². The summed E-state index contributed by atoms with van der Waals surface area (Å²) < 4.78 is 0. The molecule has 0 fully saturated rings. The van der Waals surface area contributed by atoms with Crippen molar-refractivity contribution in [1.29, 1.82) is 0 Å². The molecule has 14 heavy (non-hydrogen) atoms. The van der Waals surface area contributed by atoms with Crippen LogP contribution < -0.4 is 11.1 Å². The molecule has 78 valence electrons. The molecule has 0 bridgehead atoms. The zero-order chi connectivity index (χ0) is 10.4. The smallest absolute Gasteiger partial charge is 0.126 e. The molecular formula is C10H18N4. The van der Waals surface area contributed by atoms with Gasteiger partial charge in [0.15, 0.2) is 0 Å². The van der Waals surface area contributed by atoms with Gasteiger partial charge in [-0.05, 0) is 31.8 Å². The topological polar surface area (TPSA) is 54.2 Å². The molecule has 3 N–H and O–H groups in total. The van der Waals surface area contributed by atoms with Gasteiger partial charge in [-0.1, -0.05) is 0 Å². The molecule has 0 radical (unpaired) electrons. The third-order valence-corrected chi connectivity index (χ3v) is 1.93. The second kappa shape index (κ2) is 5.57. The monoisotopic (exact) mass is 194 g/mol. The summed E-state index contributed by atoms with van der Waals surface area (Å²) in [6, 6.07) is 3.91. The number of anilines is 1. The van der Waals surface area contributed by atoms with E-state index in [1.165, 1.54) is 0 Å². The number of nitrogens with two attached hydrogens (primary N) is 1. The van der Waals surface area contributed by atoms with Crippen LogP contribution in [0, 0.1) is 0 Å². The first-order chi connectivity index (χ1) is 6.72. The maximum absolute atomic E-state index is 5.53. The first kappa shape index (κ1) is 10.9. The number of nitrogens with one attached hydrogen (secondary N) is 1. The summed E-state index contributed by atoms with van der Waals surface area (Å²) >= 11 is 0. The van der Waals surface area contributed by atoms with Crippen molar-refractivity contribution in [3.63, 3.8) is 0 Å². The fourth-order valence-electron chi connectivity index (χ4n) is 1.11. The Morgan fingerprint density at radius 3 is 2.93 bits per heavy atom. The van der Waals surface area contributed by atoms with Crippen LogP contribution in [0.3, 0.4) is 0 Å². The number of hydrogen-bond donors (Lipinski definition) is 2. The zero-order valence-electron chi connectivity index (χ0n) is 8.83. The second-order valence-electron chi connectivity index (χ2n) is 3.48. The Bertz CT molecular complexity index is 273. The van der Waals surface area contributed by atoms with Gasteiger partial charge in [-0.15, -0.1) is 0 Å². The largest absolute Gasteiger partial charge is 0.369 e.